The average Bonchev–Trinajstić information content (AvgIpc) is 3.41. The Morgan fingerprint density at radius 2 is 1.97 bits per heavy atom. The maximum atomic E-state index is 13.4. The third-order valence-electron chi connectivity index (χ3n) is 5.62. The van der Waals surface area contributed by atoms with Gasteiger partial charge in [-0.1, -0.05) is 30.7 Å². The maximum absolute atomic E-state index is 13.4. The highest BCUT2D eigenvalue weighted by molar-refractivity contribution is 6.32. The van der Waals surface area contributed by atoms with E-state index < -0.39 is 6.50 Å². The number of benzene rings is 3. The van der Waals surface area contributed by atoms with Gasteiger partial charge in [0.2, 0.25) is 0 Å². The van der Waals surface area contributed by atoms with Crippen molar-refractivity contribution in [1.82, 2.24) is 15.3 Å². The summed E-state index contributed by atoms with van der Waals surface area (Å²) in [7, 11) is 0. The highest BCUT2D eigenvalue weighted by Crippen LogP contribution is 2.32. The number of ether oxygens (including phenoxy) is 1. The first-order chi connectivity index (χ1) is 18.8. The zero-order valence-corrected chi connectivity index (χ0v) is 20.8. The van der Waals surface area contributed by atoms with Gasteiger partial charge >= 0.3 is 0 Å². The lowest BCUT2D eigenvalue weighted by Gasteiger charge is -2.12. The topological polar surface area (TPSA) is 72.2 Å². The fourth-order valence-electron chi connectivity index (χ4n) is 3.83. The predicted octanol–water partition coefficient (Wildman–Crippen LogP) is 7.50. The van der Waals surface area contributed by atoms with E-state index in [0.29, 0.717) is 45.8 Å². The molecular weight excluding hydrogens is 491 g/mol. The van der Waals surface area contributed by atoms with Gasteiger partial charge in [-0.25, -0.2) is 14.4 Å². The van der Waals surface area contributed by atoms with Crippen molar-refractivity contribution in [2.45, 2.75) is 26.5 Å². The van der Waals surface area contributed by atoms with Crippen LogP contribution >= 0.6 is 11.6 Å². The summed E-state index contributed by atoms with van der Waals surface area (Å²) in [6.07, 6.45) is 1.84. The number of furan rings is 1. The van der Waals surface area contributed by atoms with Crippen molar-refractivity contribution in [2.24, 2.45) is 0 Å². The summed E-state index contributed by atoms with van der Waals surface area (Å²) in [5.41, 5.74) is 3.00. The van der Waals surface area contributed by atoms with Crippen LogP contribution in [0.5, 0.6) is 5.75 Å². The molecule has 0 spiro atoms. The number of hydrogen-bond donors (Lipinski definition) is 2. The fraction of sp³-hybridized carbons (Fsp3) is 0.172. The standard InChI is InChI=1S/C29H26ClFN4O2/c1-2-12-32-16-23-8-11-27(37-23)20-6-9-26-24(14-20)29(34-18-33-26)35-22-7-10-28(25(30)15-22)36-17-19-4-3-5-21(31)13-19/h3-11,13-15,18,32H,2,12,16-17H2,1H3,(H,33,34,35)/i12D2. The second-order valence-electron chi connectivity index (χ2n) is 8.29. The summed E-state index contributed by atoms with van der Waals surface area (Å²) in [5.74, 6) is 2.05. The first kappa shape index (κ1) is 22.3. The van der Waals surface area contributed by atoms with Crippen LogP contribution < -0.4 is 15.4 Å². The number of hydrogen-bond acceptors (Lipinski definition) is 6. The van der Waals surface area contributed by atoms with E-state index in [-0.39, 0.29) is 19.0 Å². The minimum absolute atomic E-state index is 0.194. The first-order valence-electron chi connectivity index (χ1n) is 12.8. The summed E-state index contributed by atoms with van der Waals surface area (Å²) < 4.78 is 40.9. The molecule has 2 N–H and O–H groups in total. The molecule has 0 amide bonds. The van der Waals surface area contributed by atoms with E-state index in [9.17, 15) is 4.39 Å². The molecule has 188 valence electrons. The Morgan fingerprint density at radius 3 is 2.81 bits per heavy atom. The van der Waals surface area contributed by atoms with E-state index in [1.807, 2.05) is 36.4 Å². The molecule has 0 fully saturated rings. The molecular formula is C29H26ClFN4O2. The Bertz CT molecular complexity index is 1610. The molecule has 2 heterocycles. The van der Waals surface area contributed by atoms with Crippen LogP contribution in [0.3, 0.4) is 0 Å². The van der Waals surface area contributed by atoms with Crippen LogP contribution in [0.15, 0.2) is 83.5 Å². The molecule has 8 heteroatoms. The summed E-state index contributed by atoms with van der Waals surface area (Å²) >= 11 is 6.47. The minimum Gasteiger partial charge on any atom is -0.487 e. The van der Waals surface area contributed by atoms with E-state index >= 15 is 0 Å². The number of fused-ring (bicyclic) bond motifs is 1. The monoisotopic (exact) mass is 518 g/mol. The summed E-state index contributed by atoms with van der Waals surface area (Å²) in [4.78, 5) is 8.80. The van der Waals surface area contributed by atoms with Gasteiger partial charge in [0, 0.05) is 19.4 Å². The second-order valence-corrected chi connectivity index (χ2v) is 8.70. The molecule has 0 aliphatic heterocycles. The highest BCUT2D eigenvalue weighted by atomic mass is 35.5. The number of rotatable bonds is 10. The van der Waals surface area contributed by atoms with Crippen molar-refractivity contribution in [3.63, 3.8) is 0 Å². The fourth-order valence-corrected chi connectivity index (χ4v) is 4.07. The van der Waals surface area contributed by atoms with Gasteiger partial charge < -0.3 is 19.8 Å². The number of nitrogens with one attached hydrogen (secondary N) is 2. The van der Waals surface area contributed by atoms with Crippen molar-refractivity contribution in [2.75, 3.05) is 11.8 Å². The molecule has 0 unspecified atom stereocenters. The van der Waals surface area contributed by atoms with E-state index in [4.69, 9.17) is 23.5 Å². The van der Waals surface area contributed by atoms with Gasteiger partial charge in [0.15, 0.2) is 0 Å². The molecule has 0 aliphatic rings. The molecule has 2 aromatic heterocycles. The van der Waals surface area contributed by atoms with Crippen LogP contribution in [0, 0.1) is 5.82 Å². The van der Waals surface area contributed by atoms with E-state index in [1.165, 1.54) is 18.5 Å². The largest absolute Gasteiger partial charge is 0.487 e. The third-order valence-corrected chi connectivity index (χ3v) is 5.92. The molecule has 5 aromatic rings. The van der Waals surface area contributed by atoms with E-state index in [2.05, 4.69) is 20.6 Å². The SMILES string of the molecule is [2H]C([2H])(CC)NCc1ccc(-c2ccc3ncnc(Nc4ccc(OCc5cccc(F)c5)c(Cl)c4)c3c2)o1. The molecule has 6 nitrogen and oxygen atoms in total. The summed E-state index contributed by atoms with van der Waals surface area (Å²) in [6.45, 7) is 0.809. The van der Waals surface area contributed by atoms with Crippen LogP contribution in [-0.2, 0) is 13.2 Å². The zero-order valence-electron chi connectivity index (χ0n) is 22.1. The Hall–Kier alpha value is -3.94. The molecule has 0 saturated carbocycles. The van der Waals surface area contributed by atoms with E-state index in [0.717, 1.165) is 16.5 Å². The molecule has 37 heavy (non-hydrogen) atoms. The summed E-state index contributed by atoms with van der Waals surface area (Å²) in [5, 5.41) is 7.35. The molecule has 0 aliphatic carbocycles. The highest BCUT2D eigenvalue weighted by Gasteiger charge is 2.11. The van der Waals surface area contributed by atoms with E-state index in [1.54, 1.807) is 31.2 Å². The van der Waals surface area contributed by atoms with Gasteiger partial charge in [0.1, 0.15) is 41.8 Å². The Kier molecular flexibility index (Phi) is 6.87. The molecule has 5 rings (SSSR count). The van der Waals surface area contributed by atoms with Gasteiger partial charge in [-0.2, -0.15) is 0 Å². The second kappa shape index (κ2) is 11.4. The lowest BCUT2D eigenvalue weighted by molar-refractivity contribution is 0.306. The average molecular weight is 519 g/mol. The zero-order chi connectivity index (χ0) is 27.4. The Labute approximate surface area is 222 Å². The number of nitrogens with zero attached hydrogens (tertiary/aromatic N) is 2. The quantitative estimate of drug-likeness (QED) is 0.199. The smallest absolute Gasteiger partial charge is 0.141 e. The molecule has 0 atom stereocenters. The van der Waals surface area contributed by atoms with Gasteiger partial charge in [0.05, 0.1) is 17.1 Å². The van der Waals surface area contributed by atoms with Gasteiger partial charge in [0.25, 0.3) is 0 Å². The molecule has 0 bridgehead atoms. The third kappa shape index (κ3) is 6.07. The van der Waals surface area contributed by atoms with Crippen LogP contribution in [0.4, 0.5) is 15.9 Å². The van der Waals surface area contributed by atoms with Gasteiger partial charge in [-0.3, -0.25) is 0 Å². The van der Waals surface area contributed by atoms with Gasteiger partial charge in [-0.05, 0) is 79.1 Å². The predicted molar refractivity (Wildman–Crippen MR) is 145 cm³/mol. The van der Waals surface area contributed by atoms with Crippen molar-refractivity contribution in [3.05, 3.63) is 101 Å². The van der Waals surface area contributed by atoms with Gasteiger partial charge in [-0.15, -0.1) is 0 Å². The minimum atomic E-state index is -1.46. The van der Waals surface area contributed by atoms with Crippen molar-refractivity contribution < 1.29 is 16.3 Å². The lowest BCUT2D eigenvalue weighted by atomic mass is 10.1. The maximum Gasteiger partial charge on any atom is 0.141 e. The summed E-state index contributed by atoms with van der Waals surface area (Å²) in [6, 6.07) is 21.0. The molecule has 3 aromatic carbocycles. The Morgan fingerprint density at radius 1 is 1.05 bits per heavy atom. The van der Waals surface area contributed by atoms with Crippen LogP contribution in [0.25, 0.3) is 22.2 Å². The molecule has 0 saturated heterocycles. The number of aromatic nitrogens is 2. The number of halogens is 2. The number of anilines is 2. The Balaban J connectivity index is 1.33. The molecule has 0 radical (unpaired) electrons. The van der Waals surface area contributed by atoms with Crippen LogP contribution in [0.1, 0.15) is 27.4 Å². The van der Waals surface area contributed by atoms with Crippen molar-refractivity contribution in [3.8, 4) is 17.1 Å². The van der Waals surface area contributed by atoms with Crippen LogP contribution in [-0.4, -0.2) is 16.5 Å². The van der Waals surface area contributed by atoms with Crippen molar-refractivity contribution in [1.29, 1.82) is 0 Å². The lowest BCUT2D eigenvalue weighted by Crippen LogP contribution is -2.12. The van der Waals surface area contributed by atoms with Crippen LogP contribution in [0.2, 0.25) is 5.02 Å². The first-order valence-corrected chi connectivity index (χ1v) is 12.2. The van der Waals surface area contributed by atoms with Crippen molar-refractivity contribution >= 4 is 34.0 Å². The normalized spacial score (nSPS) is 12.3.